The highest BCUT2D eigenvalue weighted by Crippen LogP contribution is 2.21. The Balaban J connectivity index is 2.70. The fourth-order valence-electron chi connectivity index (χ4n) is 1.33. The molecular formula is C11H15BrN2O2. The predicted octanol–water partition coefficient (Wildman–Crippen LogP) is 1.84. The van der Waals surface area contributed by atoms with E-state index < -0.39 is 12.0 Å². The minimum Gasteiger partial charge on any atom is -0.480 e. The van der Waals surface area contributed by atoms with Crippen molar-refractivity contribution >= 4 is 27.6 Å². The number of hydrogen-bond acceptors (Lipinski definition) is 3. The van der Waals surface area contributed by atoms with E-state index in [1.807, 2.05) is 25.1 Å². The number of nitrogens with one attached hydrogen (secondary N) is 1. The molecule has 1 unspecified atom stereocenters. The monoisotopic (exact) mass is 286 g/mol. The van der Waals surface area contributed by atoms with Gasteiger partial charge in [0, 0.05) is 16.7 Å². The SMILES string of the molecule is CCc1cc(Br)ccc1NCC(N)C(=O)O. The zero-order valence-corrected chi connectivity index (χ0v) is 10.6. The number of carboxylic acid groups (broad SMARTS) is 1. The van der Waals surface area contributed by atoms with Gasteiger partial charge in [0.2, 0.25) is 0 Å². The predicted molar refractivity (Wildman–Crippen MR) is 67.6 cm³/mol. The van der Waals surface area contributed by atoms with E-state index in [4.69, 9.17) is 10.8 Å². The summed E-state index contributed by atoms with van der Waals surface area (Å²) in [7, 11) is 0. The average molecular weight is 287 g/mol. The molecule has 16 heavy (non-hydrogen) atoms. The third-order valence-electron chi connectivity index (χ3n) is 2.28. The Morgan fingerprint density at radius 2 is 2.31 bits per heavy atom. The van der Waals surface area contributed by atoms with E-state index >= 15 is 0 Å². The van der Waals surface area contributed by atoms with Crippen molar-refractivity contribution in [3.05, 3.63) is 28.2 Å². The van der Waals surface area contributed by atoms with Crippen LogP contribution in [0.1, 0.15) is 12.5 Å². The lowest BCUT2D eigenvalue weighted by molar-refractivity contribution is -0.138. The van der Waals surface area contributed by atoms with E-state index in [0.29, 0.717) is 0 Å². The zero-order chi connectivity index (χ0) is 12.1. The molecule has 88 valence electrons. The van der Waals surface area contributed by atoms with Crippen molar-refractivity contribution in [1.82, 2.24) is 0 Å². The molecule has 0 amide bonds. The summed E-state index contributed by atoms with van der Waals surface area (Å²) >= 11 is 3.39. The highest BCUT2D eigenvalue weighted by atomic mass is 79.9. The number of aryl methyl sites for hydroxylation is 1. The molecule has 0 bridgehead atoms. The maximum atomic E-state index is 10.6. The maximum Gasteiger partial charge on any atom is 0.322 e. The number of aliphatic carboxylic acids is 1. The molecule has 4 nitrogen and oxygen atoms in total. The molecule has 1 atom stereocenters. The molecule has 0 aliphatic rings. The summed E-state index contributed by atoms with van der Waals surface area (Å²) in [4.78, 5) is 10.6. The zero-order valence-electron chi connectivity index (χ0n) is 9.03. The van der Waals surface area contributed by atoms with Gasteiger partial charge in [-0.15, -0.1) is 0 Å². The van der Waals surface area contributed by atoms with Crippen LogP contribution >= 0.6 is 15.9 Å². The van der Waals surface area contributed by atoms with Crippen LogP contribution in [0.3, 0.4) is 0 Å². The lowest BCUT2D eigenvalue weighted by atomic mass is 10.1. The van der Waals surface area contributed by atoms with Crippen LogP contribution in [0.4, 0.5) is 5.69 Å². The molecule has 0 saturated heterocycles. The van der Waals surface area contributed by atoms with E-state index in [9.17, 15) is 4.79 Å². The number of carbonyl (C=O) groups is 1. The number of hydrogen-bond donors (Lipinski definition) is 3. The van der Waals surface area contributed by atoms with Crippen molar-refractivity contribution in [3.63, 3.8) is 0 Å². The van der Waals surface area contributed by atoms with Crippen LogP contribution in [0.15, 0.2) is 22.7 Å². The topological polar surface area (TPSA) is 75.3 Å². The summed E-state index contributed by atoms with van der Waals surface area (Å²) in [5, 5.41) is 11.7. The Kier molecular flexibility index (Phi) is 4.76. The van der Waals surface area contributed by atoms with E-state index in [1.165, 1.54) is 0 Å². The Morgan fingerprint density at radius 1 is 1.62 bits per heavy atom. The van der Waals surface area contributed by atoms with Gasteiger partial charge < -0.3 is 16.2 Å². The molecular weight excluding hydrogens is 272 g/mol. The maximum absolute atomic E-state index is 10.6. The van der Waals surface area contributed by atoms with Crippen LogP contribution in [0.25, 0.3) is 0 Å². The summed E-state index contributed by atoms with van der Waals surface area (Å²) in [5.41, 5.74) is 7.48. The molecule has 0 aromatic heterocycles. The van der Waals surface area contributed by atoms with Crippen LogP contribution in [0.2, 0.25) is 0 Å². The lowest BCUT2D eigenvalue weighted by Crippen LogP contribution is -2.37. The van der Waals surface area contributed by atoms with E-state index in [1.54, 1.807) is 0 Å². The first kappa shape index (κ1) is 13.0. The lowest BCUT2D eigenvalue weighted by Gasteiger charge is -2.13. The third-order valence-corrected chi connectivity index (χ3v) is 2.77. The summed E-state index contributed by atoms with van der Waals surface area (Å²) in [5.74, 6) is -0.998. The van der Waals surface area contributed by atoms with Crippen LogP contribution in [-0.2, 0) is 11.2 Å². The van der Waals surface area contributed by atoms with E-state index in [0.717, 1.165) is 22.1 Å². The number of benzene rings is 1. The highest BCUT2D eigenvalue weighted by molar-refractivity contribution is 9.10. The molecule has 0 heterocycles. The minimum absolute atomic E-state index is 0.226. The summed E-state index contributed by atoms with van der Waals surface area (Å²) in [6.45, 7) is 2.27. The van der Waals surface area contributed by atoms with Gasteiger partial charge in [-0.3, -0.25) is 4.79 Å². The molecule has 0 aliphatic heterocycles. The molecule has 0 saturated carbocycles. The standard InChI is InChI=1S/C11H15BrN2O2/c1-2-7-5-8(12)3-4-10(7)14-6-9(13)11(15)16/h3-5,9,14H,2,6,13H2,1H3,(H,15,16). The van der Waals surface area contributed by atoms with Crippen molar-refractivity contribution in [2.75, 3.05) is 11.9 Å². The Bertz CT molecular complexity index is 382. The number of carboxylic acids is 1. The highest BCUT2D eigenvalue weighted by Gasteiger charge is 2.11. The number of rotatable bonds is 5. The van der Waals surface area contributed by atoms with Gasteiger partial charge in [-0.2, -0.15) is 0 Å². The summed E-state index contributed by atoms with van der Waals surface area (Å²) in [6.07, 6.45) is 0.879. The third kappa shape index (κ3) is 3.50. The van der Waals surface area contributed by atoms with Crippen molar-refractivity contribution in [1.29, 1.82) is 0 Å². The van der Waals surface area contributed by atoms with Gasteiger partial charge in [-0.1, -0.05) is 22.9 Å². The quantitative estimate of drug-likeness (QED) is 0.772. The van der Waals surface area contributed by atoms with Crippen LogP contribution in [0, 0.1) is 0 Å². The van der Waals surface area contributed by atoms with E-state index in [-0.39, 0.29) is 6.54 Å². The summed E-state index contributed by atoms with van der Waals surface area (Å²) < 4.78 is 1.01. The van der Waals surface area contributed by atoms with Crippen molar-refractivity contribution in [3.8, 4) is 0 Å². The molecule has 5 heteroatoms. The first-order valence-electron chi connectivity index (χ1n) is 5.05. The van der Waals surface area contributed by atoms with Gasteiger partial charge in [0.05, 0.1) is 0 Å². The van der Waals surface area contributed by atoms with E-state index in [2.05, 4.69) is 21.2 Å². The number of halogens is 1. The van der Waals surface area contributed by atoms with Crippen molar-refractivity contribution in [2.24, 2.45) is 5.73 Å². The van der Waals surface area contributed by atoms with Gasteiger partial charge >= 0.3 is 5.97 Å². The van der Waals surface area contributed by atoms with Gasteiger partial charge in [-0.05, 0) is 30.2 Å². The molecule has 0 radical (unpaired) electrons. The van der Waals surface area contributed by atoms with Crippen molar-refractivity contribution < 1.29 is 9.90 Å². The summed E-state index contributed by atoms with van der Waals surface area (Å²) in [6, 6.07) is 4.95. The fourth-order valence-corrected chi connectivity index (χ4v) is 1.74. The largest absolute Gasteiger partial charge is 0.480 e. The normalized spacial score (nSPS) is 12.2. The van der Waals surface area contributed by atoms with Crippen LogP contribution < -0.4 is 11.1 Å². The van der Waals surface area contributed by atoms with Gasteiger partial charge in [0.1, 0.15) is 6.04 Å². The molecule has 1 aromatic carbocycles. The van der Waals surface area contributed by atoms with Gasteiger partial charge in [-0.25, -0.2) is 0 Å². The minimum atomic E-state index is -0.998. The van der Waals surface area contributed by atoms with Gasteiger partial charge in [0.15, 0.2) is 0 Å². The Labute approximate surface area is 103 Å². The second-order valence-corrected chi connectivity index (χ2v) is 4.40. The first-order valence-corrected chi connectivity index (χ1v) is 5.84. The van der Waals surface area contributed by atoms with Crippen LogP contribution in [0.5, 0.6) is 0 Å². The Hall–Kier alpha value is -1.07. The smallest absolute Gasteiger partial charge is 0.322 e. The first-order chi connectivity index (χ1) is 7.54. The second-order valence-electron chi connectivity index (χ2n) is 3.48. The fraction of sp³-hybridized carbons (Fsp3) is 0.364. The van der Waals surface area contributed by atoms with Crippen LogP contribution in [-0.4, -0.2) is 23.7 Å². The molecule has 1 aromatic rings. The number of anilines is 1. The second kappa shape index (κ2) is 5.86. The molecule has 1 rings (SSSR count). The Morgan fingerprint density at radius 3 is 2.88 bits per heavy atom. The molecule has 4 N–H and O–H groups in total. The van der Waals surface area contributed by atoms with Crippen molar-refractivity contribution in [2.45, 2.75) is 19.4 Å². The molecule has 0 aliphatic carbocycles. The molecule has 0 fully saturated rings. The van der Waals surface area contributed by atoms with Gasteiger partial charge in [0.25, 0.3) is 0 Å². The number of nitrogens with two attached hydrogens (primary N) is 1. The average Bonchev–Trinajstić information content (AvgIpc) is 2.26. The molecule has 0 spiro atoms.